The Kier molecular flexibility index (Phi) is 4.34. The molecule has 21 heavy (non-hydrogen) atoms. The van der Waals surface area contributed by atoms with Gasteiger partial charge in [-0.15, -0.1) is 0 Å². The maximum atomic E-state index is 6.17. The molecule has 0 saturated heterocycles. The Hall–Kier alpha value is -2.10. The van der Waals surface area contributed by atoms with Gasteiger partial charge in [-0.05, 0) is 23.3 Å². The second kappa shape index (κ2) is 6.57. The second-order valence-corrected chi connectivity index (χ2v) is 5.20. The van der Waals surface area contributed by atoms with Gasteiger partial charge in [0, 0.05) is 30.5 Å². The maximum absolute atomic E-state index is 6.17. The normalized spacial score (nSPS) is 10.7. The highest BCUT2D eigenvalue weighted by Gasteiger charge is 2.04. The molecule has 2 aromatic carbocycles. The van der Waals surface area contributed by atoms with Crippen molar-refractivity contribution < 1.29 is 0 Å². The molecule has 1 N–H and O–H groups in total. The van der Waals surface area contributed by atoms with Crippen LogP contribution in [0.5, 0.6) is 0 Å². The molecule has 0 aliphatic heterocycles. The zero-order valence-electron chi connectivity index (χ0n) is 11.5. The van der Waals surface area contributed by atoms with Gasteiger partial charge in [-0.1, -0.05) is 48.0 Å². The molecular weight excluding hydrogens is 282 g/mol. The molecule has 106 valence electrons. The Morgan fingerprint density at radius 2 is 1.67 bits per heavy atom. The Morgan fingerprint density at radius 1 is 0.952 bits per heavy atom. The molecular formula is C17H16ClN3. The van der Waals surface area contributed by atoms with Crippen molar-refractivity contribution in [3.63, 3.8) is 0 Å². The summed E-state index contributed by atoms with van der Waals surface area (Å²) >= 11 is 6.17. The van der Waals surface area contributed by atoms with E-state index in [9.17, 15) is 0 Å². The molecule has 0 saturated carbocycles. The first kappa shape index (κ1) is 13.9. The number of imidazole rings is 1. The third kappa shape index (κ3) is 3.32. The smallest absolute Gasteiger partial charge is 0.0991 e. The van der Waals surface area contributed by atoms with Crippen LogP contribution >= 0.6 is 11.6 Å². The van der Waals surface area contributed by atoms with Crippen molar-refractivity contribution in [3.05, 3.63) is 83.4 Å². The van der Waals surface area contributed by atoms with Gasteiger partial charge in [0.15, 0.2) is 0 Å². The summed E-state index contributed by atoms with van der Waals surface area (Å²) in [6.45, 7) is 1.53. The molecule has 0 aliphatic carbocycles. The zero-order chi connectivity index (χ0) is 14.5. The molecule has 0 unspecified atom stereocenters. The third-order valence-corrected chi connectivity index (χ3v) is 3.73. The monoisotopic (exact) mass is 297 g/mol. The molecule has 4 heteroatoms. The number of hydrogen-bond acceptors (Lipinski definition) is 2. The standard InChI is InChI=1S/C17H16ClN3/c18-16-7-3-1-5-14(16)11-20-12-15-6-2-4-8-17(15)21-10-9-19-13-21/h1-10,13,20H,11-12H2. The summed E-state index contributed by atoms with van der Waals surface area (Å²) in [6, 6.07) is 16.2. The van der Waals surface area contributed by atoms with Crippen LogP contribution < -0.4 is 5.32 Å². The van der Waals surface area contributed by atoms with Gasteiger partial charge in [0.25, 0.3) is 0 Å². The highest BCUT2D eigenvalue weighted by Crippen LogP contribution is 2.16. The fraction of sp³-hybridized carbons (Fsp3) is 0.118. The molecule has 1 heterocycles. The molecule has 3 rings (SSSR count). The van der Waals surface area contributed by atoms with Gasteiger partial charge in [-0.25, -0.2) is 4.98 Å². The fourth-order valence-corrected chi connectivity index (χ4v) is 2.49. The molecule has 1 aromatic heterocycles. The first-order chi connectivity index (χ1) is 10.3. The van der Waals surface area contributed by atoms with Crippen LogP contribution in [0.25, 0.3) is 5.69 Å². The van der Waals surface area contributed by atoms with Crippen molar-refractivity contribution >= 4 is 11.6 Å². The molecule has 3 nitrogen and oxygen atoms in total. The van der Waals surface area contributed by atoms with Crippen LogP contribution in [0.3, 0.4) is 0 Å². The van der Waals surface area contributed by atoms with Crippen LogP contribution in [-0.4, -0.2) is 9.55 Å². The lowest BCUT2D eigenvalue weighted by Gasteiger charge is -2.11. The molecule has 0 atom stereocenters. The molecule has 0 fully saturated rings. The van der Waals surface area contributed by atoms with Gasteiger partial charge in [-0.2, -0.15) is 0 Å². The van der Waals surface area contributed by atoms with Crippen molar-refractivity contribution in [2.45, 2.75) is 13.1 Å². The van der Waals surface area contributed by atoms with Gasteiger partial charge in [-0.3, -0.25) is 0 Å². The van der Waals surface area contributed by atoms with Gasteiger partial charge < -0.3 is 9.88 Å². The van der Waals surface area contributed by atoms with E-state index in [-0.39, 0.29) is 0 Å². The van der Waals surface area contributed by atoms with Crippen LogP contribution in [0.2, 0.25) is 5.02 Å². The van der Waals surface area contributed by atoms with Gasteiger partial charge in [0.1, 0.15) is 0 Å². The Bertz CT molecular complexity index is 708. The zero-order valence-corrected chi connectivity index (χ0v) is 12.3. The van der Waals surface area contributed by atoms with E-state index in [0.29, 0.717) is 0 Å². The summed E-state index contributed by atoms with van der Waals surface area (Å²) < 4.78 is 2.02. The maximum Gasteiger partial charge on any atom is 0.0991 e. The fourth-order valence-electron chi connectivity index (χ4n) is 2.29. The lowest BCUT2D eigenvalue weighted by molar-refractivity contribution is 0.690. The van der Waals surface area contributed by atoms with E-state index in [1.54, 1.807) is 6.20 Å². The van der Waals surface area contributed by atoms with E-state index in [1.807, 2.05) is 53.5 Å². The number of nitrogens with one attached hydrogen (secondary N) is 1. The quantitative estimate of drug-likeness (QED) is 0.776. The van der Waals surface area contributed by atoms with Crippen LogP contribution in [0.1, 0.15) is 11.1 Å². The Balaban J connectivity index is 1.70. The number of hydrogen-bond donors (Lipinski definition) is 1. The van der Waals surface area contributed by atoms with E-state index in [4.69, 9.17) is 11.6 Å². The van der Waals surface area contributed by atoms with Crippen molar-refractivity contribution in [2.24, 2.45) is 0 Å². The minimum absolute atomic E-state index is 0.748. The van der Waals surface area contributed by atoms with E-state index in [0.717, 1.165) is 29.4 Å². The SMILES string of the molecule is Clc1ccccc1CNCc1ccccc1-n1ccnc1. The predicted molar refractivity (Wildman–Crippen MR) is 85.6 cm³/mol. The third-order valence-electron chi connectivity index (χ3n) is 3.36. The lowest BCUT2D eigenvalue weighted by Crippen LogP contribution is -2.14. The van der Waals surface area contributed by atoms with Crippen molar-refractivity contribution in [1.29, 1.82) is 0 Å². The van der Waals surface area contributed by atoms with Gasteiger partial charge >= 0.3 is 0 Å². The first-order valence-corrected chi connectivity index (χ1v) is 7.23. The highest BCUT2D eigenvalue weighted by atomic mass is 35.5. The number of halogens is 1. The number of para-hydroxylation sites is 1. The molecule has 0 bridgehead atoms. The summed E-state index contributed by atoms with van der Waals surface area (Å²) in [6.07, 6.45) is 5.55. The predicted octanol–water partition coefficient (Wildman–Crippen LogP) is 3.82. The number of rotatable bonds is 5. The summed E-state index contributed by atoms with van der Waals surface area (Å²) in [7, 11) is 0. The van der Waals surface area contributed by atoms with Crippen LogP contribution in [0, 0.1) is 0 Å². The molecule has 0 amide bonds. The summed E-state index contributed by atoms with van der Waals surface area (Å²) in [5.74, 6) is 0. The molecule has 0 aliphatic rings. The average molecular weight is 298 g/mol. The summed E-state index contributed by atoms with van der Waals surface area (Å²) in [5.41, 5.74) is 3.48. The number of nitrogens with zero attached hydrogens (tertiary/aromatic N) is 2. The minimum atomic E-state index is 0.748. The van der Waals surface area contributed by atoms with Crippen LogP contribution in [0.4, 0.5) is 0 Å². The minimum Gasteiger partial charge on any atom is -0.308 e. The average Bonchev–Trinajstić information content (AvgIpc) is 3.04. The summed E-state index contributed by atoms with van der Waals surface area (Å²) in [4.78, 5) is 4.10. The molecule has 0 radical (unpaired) electrons. The Labute approximate surface area is 129 Å². The van der Waals surface area contributed by atoms with Crippen molar-refractivity contribution in [3.8, 4) is 5.69 Å². The highest BCUT2D eigenvalue weighted by molar-refractivity contribution is 6.31. The number of aromatic nitrogens is 2. The lowest BCUT2D eigenvalue weighted by atomic mass is 10.1. The largest absolute Gasteiger partial charge is 0.308 e. The van der Waals surface area contributed by atoms with Crippen LogP contribution in [-0.2, 0) is 13.1 Å². The van der Waals surface area contributed by atoms with E-state index in [2.05, 4.69) is 22.4 Å². The van der Waals surface area contributed by atoms with Crippen molar-refractivity contribution in [2.75, 3.05) is 0 Å². The topological polar surface area (TPSA) is 29.9 Å². The van der Waals surface area contributed by atoms with Gasteiger partial charge in [0.2, 0.25) is 0 Å². The summed E-state index contributed by atoms with van der Waals surface area (Å²) in [5, 5.41) is 4.24. The van der Waals surface area contributed by atoms with E-state index in [1.165, 1.54) is 5.56 Å². The van der Waals surface area contributed by atoms with E-state index >= 15 is 0 Å². The van der Waals surface area contributed by atoms with Crippen molar-refractivity contribution in [1.82, 2.24) is 14.9 Å². The van der Waals surface area contributed by atoms with E-state index < -0.39 is 0 Å². The first-order valence-electron chi connectivity index (χ1n) is 6.85. The second-order valence-electron chi connectivity index (χ2n) is 4.79. The molecule has 3 aromatic rings. The Morgan fingerprint density at radius 3 is 2.43 bits per heavy atom. The molecule has 0 spiro atoms. The van der Waals surface area contributed by atoms with Crippen LogP contribution in [0.15, 0.2) is 67.3 Å². The number of benzene rings is 2. The van der Waals surface area contributed by atoms with Gasteiger partial charge in [0.05, 0.1) is 12.0 Å².